The van der Waals surface area contributed by atoms with Crippen molar-refractivity contribution in [1.82, 2.24) is 0 Å². The highest BCUT2D eigenvalue weighted by molar-refractivity contribution is 5.24. The highest BCUT2D eigenvalue weighted by Gasteiger charge is 2.66. The SMILES string of the molecule is C#C[C@]1(O)CC[C@H]2[C@@H]3[C@@H](O)CC4C[C@@H](O)CC[C@]4(C)[C@H]3CC[C@@]21C. The highest BCUT2D eigenvalue weighted by Crippen LogP contribution is 2.68. The Labute approximate surface area is 145 Å². The van der Waals surface area contributed by atoms with Gasteiger partial charge in [-0.2, -0.15) is 0 Å². The van der Waals surface area contributed by atoms with Crippen LogP contribution in [0.3, 0.4) is 0 Å². The first-order valence-electron chi connectivity index (χ1n) is 9.81. The van der Waals surface area contributed by atoms with E-state index in [1.54, 1.807) is 0 Å². The molecule has 4 aliphatic rings. The van der Waals surface area contributed by atoms with Crippen molar-refractivity contribution in [3.63, 3.8) is 0 Å². The van der Waals surface area contributed by atoms with Crippen LogP contribution in [0, 0.1) is 46.8 Å². The first-order chi connectivity index (χ1) is 11.2. The fourth-order valence-electron chi connectivity index (χ4n) is 7.46. The second-order valence-corrected chi connectivity index (χ2v) is 9.72. The molecule has 1 unspecified atom stereocenters. The Morgan fingerprint density at radius 1 is 0.958 bits per heavy atom. The van der Waals surface area contributed by atoms with E-state index in [4.69, 9.17) is 6.42 Å². The second-order valence-electron chi connectivity index (χ2n) is 9.72. The summed E-state index contributed by atoms with van der Waals surface area (Å²) in [6, 6.07) is 0. The van der Waals surface area contributed by atoms with Gasteiger partial charge in [-0.05, 0) is 80.5 Å². The molecule has 4 aliphatic carbocycles. The molecule has 0 spiro atoms. The number of fused-ring (bicyclic) bond motifs is 5. The summed E-state index contributed by atoms with van der Waals surface area (Å²) < 4.78 is 0. The van der Waals surface area contributed by atoms with Crippen LogP contribution in [0.2, 0.25) is 0 Å². The number of aliphatic hydroxyl groups is 3. The summed E-state index contributed by atoms with van der Waals surface area (Å²) in [5.41, 5.74) is -1.05. The Bertz CT molecular complexity index is 568. The Kier molecular flexibility index (Phi) is 3.67. The summed E-state index contributed by atoms with van der Waals surface area (Å²) in [6.07, 6.45) is 12.4. The van der Waals surface area contributed by atoms with Gasteiger partial charge in [-0.15, -0.1) is 6.42 Å². The zero-order chi connectivity index (χ0) is 17.3. The van der Waals surface area contributed by atoms with E-state index in [-0.39, 0.29) is 29.0 Å². The van der Waals surface area contributed by atoms with Crippen LogP contribution in [-0.4, -0.2) is 33.1 Å². The molecular formula is C21H32O3. The average molecular weight is 332 g/mol. The van der Waals surface area contributed by atoms with Crippen molar-refractivity contribution in [2.45, 2.75) is 83.0 Å². The van der Waals surface area contributed by atoms with Crippen molar-refractivity contribution < 1.29 is 15.3 Å². The molecule has 0 amide bonds. The molecule has 0 aromatic carbocycles. The summed E-state index contributed by atoms with van der Waals surface area (Å²) in [5.74, 6) is 4.19. The standard InChI is InChI=1S/C21H32O3/c1-4-21(24)10-7-16-18-15(6-9-20(16,21)3)19(2)8-5-14(22)11-13(19)12-17(18)23/h1,13-18,22-24H,5-12H2,2-3H3/t13?,14-,15-,16-,17-,18+,19-,20-,21-/m0/s1. The van der Waals surface area contributed by atoms with Crippen molar-refractivity contribution in [1.29, 1.82) is 0 Å². The van der Waals surface area contributed by atoms with Crippen molar-refractivity contribution in [3.8, 4) is 12.3 Å². The molecule has 0 aliphatic heterocycles. The molecule has 0 heterocycles. The third-order valence-corrected chi connectivity index (χ3v) is 9.05. The van der Waals surface area contributed by atoms with Gasteiger partial charge in [0.2, 0.25) is 0 Å². The van der Waals surface area contributed by atoms with Crippen molar-refractivity contribution in [2.24, 2.45) is 34.5 Å². The lowest BCUT2D eigenvalue weighted by molar-refractivity contribution is -0.183. The van der Waals surface area contributed by atoms with Crippen LogP contribution in [0.25, 0.3) is 0 Å². The molecule has 3 heteroatoms. The third-order valence-electron chi connectivity index (χ3n) is 9.05. The zero-order valence-corrected chi connectivity index (χ0v) is 15.0. The molecule has 3 N–H and O–H groups in total. The van der Waals surface area contributed by atoms with Crippen LogP contribution in [0.15, 0.2) is 0 Å². The topological polar surface area (TPSA) is 60.7 Å². The minimum absolute atomic E-state index is 0.196. The predicted molar refractivity (Wildman–Crippen MR) is 92.9 cm³/mol. The van der Waals surface area contributed by atoms with Gasteiger partial charge < -0.3 is 15.3 Å². The van der Waals surface area contributed by atoms with Crippen LogP contribution in [0.5, 0.6) is 0 Å². The quantitative estimate of drug-likeness (QED) is 0.598. The highest BCUT2D eigenvalue weighted by atomic mass is 16.3. The molecule has 4 rings (SSSR count). The monoisotopic (exact) mass is 332 g/mol. The molecular weight excluding hydrogens is 300 g/mol. The summed E-state index contributed by atoms with van der Waals surface area (Å²) in [6.45, 7) is 4.56. The fourth-order valence-corrected chi connectivity index (χ4v) is 7.46. The van der Waals surface area contributed by atoms with Crippen LogP contribution in [-0.2, 0) is 0 Å². The van der Waals surface area contributed by atoms with Gasteiger partial charge >= 0.3 is 0 Å². The van der Waals surface area contributed by atoms with Gasteiger partial charge in [0.1, 0.15) is 5.60 Å². The van der Waals surface area contributed by atoms with Gasteiger partial charge in [-0.3, -0.25) is 0 Å². The number of rotatable bonds is 0. The molecule has 4 fully saturated rings. The summed E-state index contributed by atoms with van der Waals surface area (Å²) in [5, 5.41) is 32.1. The number of terminal acetylenes is 1. The zero-order valence-electron chi connectivity index (χ0n) is 15.0. The Hall–Kier alpha value is -0.560. The molecule has 0 aromatic heterocycles. The largest absolute Gasteiger partial charge is 0.393 e. The van der Waals surface area contributed by atoms with Crippen LogP contribution in [0.1, 0.15) is 65.2 Å². The third kappa shape index (κ3) is 1.97. The van der Waals surface area contributed by atoms with E-state index < -0.39 is 5.60 Å². The first-order valence-corrected chi connectivity index (χ1v) is 9.81. The van der Waals surface area contributed by atoms with Crippen molar-refractivity contribution in [3.05, 3.63) is 0 Å². The Morgan fingerprint density at radius 2 is 1.67 bits per heavy atom. The predicted octanol–water partition coefficient (Wildman–Crippen LogP) is 2.73. The van der Waals surface area contributed by atoms with Crippen molar-refractivity contribution >= 4 is 0 Å². The van der Waals surface area contributed by atoms with Gasteiger partial charge in [0, 0.05) is 5.41 Å². The van der Waals surface area contributed by atoms with Gasteiger partial charge in [0.15, 0.2) is 0 Å². The van der Waals surface area contributed by atoms with Gasteiger partial charge in [-0.1, -0.05) is 19.8 Å². The Morgan fingerprint density at radius 3 is 2.38 bits per heavy atom. The fraction of sp³-hybridized carbons (Fsp3) is 0.905. The van der Waals surface area contributed by atoms with E-state index in [0.29, 0.717) is 24.2 Å². The second kappa shape index (κ2) is 5.22. The summed E-state index contributed by atoms with van der Waals surface area (Å²) in [4.78, 5) is 0. The summed E-state index contributed by atoms with van der Waals surface area (Å²) in [7, 11) is 0. The molecule has 0 radical (unpaired) electrons. The van der Waals surface area contributed by atoms with E-state index in [0.717, 1.165) is 44.9 Å². The van der Waals surface area contributed by atoms with Crippen LogP contribution >= 0.6 is 0 Å². The lowest BCUT2D eigenvalue weighted by atomic mass is 9.43. The molecule has 0 aromatic rings. The Balaban J connectivity index is 1.69. The lowest BCUT2D eigenvalue weighted by Crippen LogP contribution is -2.60. The maximum Gasteiger partial charge on any atom is 0.130 e. The van der Waals surface area contributed by atoms with Gasteiger partial charge in [0.25, 0.3) is 0 Å². The minimum Gasteiger partial charge on any atom is -0.393 e. The van der Waals surface area contributed by atoms with Crippen molar-refractivity contribution in [2.75, 3.05) is 0 Å². The van der Waals surface area contributed by atoms with Crippen LogP contribution < -0.4 is 0 Å². The molecule has 3 nitrogen and oxygen atoms in total. The number of hydrogen-bond donors (Lipinski definition) is 3. The minimum atomic E-state index is -1.01. The summed E-state index contributed by atoms with van der Waals surface area (Å²) >= 11 is 0. The van der Waals surface area contributed by atoms with Gasteiger partial charge in [0.05, 0.1) is 12.2 Å². The average Bonchev–Trinajstić information content (AvgIpc) is 2.82. The maximum absolute atomic E-state index is 11.0. The van der Waals surface area contributed by atoms with E-state index in [2.05, 4.69) is 19.8 Å². The molecule has 0 saturated heterocycles. The molecule has 24 heavy (non-hydrogen) atoms. The van der Waals surface area contributed by atoms with E-state index >= 15 is 0 Å². The smallest absolute Gasteiger partial charge is 0.130 e. The number of hydrogen-bond acceptors (Lipinski definition) is 3. The van der Waals surface area contributed by atoms with E-state index in [9.17, 15) is 15.3 Å². The van der Waals surface area contributed by atoms with E-state index in [1.807, 2.05) is 0 Å². The first kappa shape index (κ1) is 16.9. The normalized spacial score (nSPS) is 59.8. The van der Waals surface area contributed by atoms with E-state index in [1.165, 1.54) is 0 Å². The molecule has 4 saturated carbocycles. The maximum atomic E-state index is 11.0. The molecule has 0 bridgehead atoms. The molecule has 9 atom stereocenters. The van der Waals surface area contributed by atoms with Crippen LogP contribution in [0.4, 0.5) is 0 Å². The number of aliphatic hydroxyl groups excluding tert-OH is 2. The molecule has 134 valence electrons. The lowest BCUT2D eigenvalue weighted by Gasteiger charge is -2.62. The van der Waals surface area contributed by atoms with Gasteiger partial charge in [-0.25, -0.2) is 0 Å².